The predicted molar refractivity (Wildman–Crippen MR) is 131 cm³/mol. The van der Waals surface area contributed by atoms with Gasteiger partial charge in [0.1, 0.15) is 20.2 Å². The van der Waals surface area contributed by atoms with Gasteiger partial charge in [-0.3, -0.25) is 8.98 Å². The zero-order valence-corrected chi connectivity index (χ0v) is 34.0. The Morgan fingerprint density at radius 1 is 0.826 bits per heavy atom. The van der Waals surface area contributed by atoms with E-state index in [2.05, 4.69) is 19.7 Å². The van der Waals surface area contributed by atoms with Crippen molar-refractivity contribution in [3.05, 3.63) is 36.4 Å². The van der Waals surface area contributed by atoms with E-state index in [1.165, 1.54) is 0 Å². The molecule has 26 heteroatoms. The Morgan fingerprint density at radius 2 is 1.41 bits per heavy atom. The molecular weight excluding hydrogens is 783 g/mol. The molecule has 0 saturated heterocycles. The number of hydrogen-bond acceptors (Lipinski definition) is 17. The number of fused-ring (bicyclic) bond motifs is 1. The molecule has 0 fully saturated rings. The van der Waals surface area contributed by atoms with Gasteiger partial charge in [0.2, 0.25) is 16.3 Å². The van der Waals surface area contributed by atoms with Gasteiger partial charge in [-0.25, -0.2) is 33.7 Å². The van der Waals surface area contributed by atoms with Gasteiger partial charge in [0.15, 0.2) is 9.84 Å². The van der Waals surface area contributed by atoms with Crippen molar-refractivity contribution in [3.8, 4) is 11.5 Å². The fourth-order valence-corrected chi connectivity index (χ4v) is 6.07. The number of carbonyl (C=O) groups is 1. The maximum Gasteiger partial charge on any atom is 2.00 e. The minimum Gasteiger partial charge on any atom is -0.871 e. The number of sulfone groups is 1. The smallest absolute Gasteiger partial charge is 0.871 e. The largest absolute Gasteiger partial charge is 2.00 e. The van der Waals surface area contributed by atoms with Crippen LogP contribution in [0.5, 0.6) is 11.5 Å². The predicted octanol–water partition coefficient (Wildman–Crippen LogP) is -9.57. The summed E-state index contributed by atoms with van der Waals surface area (Å²) in [6, 6.07) is 3.80. The molecule has 0 bridgehead atoms. The van der Waals surface area contributed by atoms with Gasteiger partial charge in [0, 0.05) is 12.6 Å². The van der Waals surface area contributed by atoms with Crippen LogP contribution in [-0.4, -0.2) is 65.6 Å². The van der Waals surface area contributed by atoms with E-state index >= 15 is 0 Å². The SMILES string of the molecule is CC(=O)Nc1cc(S(=O)(=O)[O-])cc2cc(S(=O)(=O)[O-])c(N=Nc3ccc(S(=O)(=O)CCOS(=O)(=O)[O-])cc3[O-])c([O-])c12.[Cu+2].[Na+].[Na+].[Na+]. The van der Waals surface area contributed by atoms with Gasteiger partial charge in [-0.15, -0.1) is 5.11 Å². The number of nitrogens with one attached hydrogen (secondary N) is 1. The first-order valence-corrected chi connectivity index (χ1v) is 16.5. The summed E-state index contributed by atoms with van der Waals surface area (Å²) in [5, 5.41) is 33.5. The van der Waals surface area contributed by atoms with Crippen molar-refractivity contribution in [2.45, 2.75) is 21.6 Å². The van der Waals surface area contributed by atoms with Crippen LogP contribution in [-0.2, 0) is 66.5 Å². The molecule has 237 valence electrons. The number of hydrogen-bond donors (Lipinski definition) is 1. The van der Waals surface area contributed by atoms with Crippen LogP contribution in [0, 0.1) is 0 Å². The number of anilines is 1. The number of nitrogens with zero attached hydrogens (tertiary/aromatic N) is 2. The van der Waals surface area contributed by atoms with Crippen molar-refractivity contribution < 1.29 is 172 Å². The van der Waals surface area contributed by atoms with Crippen molar-refractivity contribution in [2.75, 3.05) is 17.7 Å². The van der Waals surface area contributed by atoms with E-state index in [9.17, 15) is 62.3 Å². The summed E-state index contributed by atoms with van der Waals surface area (Å²) in [5.41, 5.74) is -2.40. The molecule has 0 aliphatic heterocycles. The fraction of sp³-hybridized carbons (Fsp3) is 0.150. The van der Waals surface area contributed by atoms with Crippen molar-refractivity contribution in [1.29, 1.82) is 0 Å². The summed E-state index contributed by atoms with van der Waals surface area (Å²) in [6.45, 7) is -0.0859. The van der Waals surface area contributed by atoms with Gasteiger partial charge in [-0.1, -0.05) is 11.5 Å². The topological polar surface area (TPSA) is 315 Å². The zero-order chi connectivity index (χ0) is 31.8. The second-order valence-corrected chi connectivity index (χ2v) is 14.0. The number of rotatable bonds is 10. The molecule has 0 aliphatic carbocycles. The van der Waals surface area contributed by atoms with E-state index in [4.69, 9.17) is 0 Å². The standard InChI is InChI=1S/C20H19N3O15S4.Cu.3Na/c1-10(24)21-15-8-13(40(29,30)31)6-11-7-17(41(32,33)34)19(20(26)18(11)15)23-22-14-3-2-12(9-16(14)25)39(27,28)5-4-38-42(35,36)37;;;;/h2-3,6-9,25-26H,4-5H2,1H3,(H,21,24)(H,29,30,31)(H,32,33,34)(H,35,36,37);;;;/q;+2;3*+1/p-5. The van der Waals surface area contributed by atoms with Crippen LogP contribution in [0.1, 0.15) is 6.92 Å². The molecule has 0 atom stereocenters. The molecule has 46 heavy (non-hydrogen) atoms. The van der Waals surface area contributed by atoms with E-state index < -0.39 is 113 Å². The second-order valence-electron chi connectivity index (χ2n) is 8.09. The summed E-state index contributed by atoms with van der Waals surface area (Å²) in [5.74, 6) is -4.39. The number of benzene rings is 3. The summed E-state index contributed by atoms with van der Waals surface area (Å²) in [4.78, 5) is 8.67. The molecular formula is C20H14CuN3Na3O15S4. The summed E-state index contributed by atoms with van der Waals surface area (Å²) < 4.78 is 130. The summed E-state index contributed by atoms with van der Waals surface area (Å²) >= 11 is 0. The summed E-state index contributed by atoms with van der Waals surface area (Å²) in [6.07, 6.45) is 0. The van der Waals surface area contributed by atoms with E-state index in [0.29, 0.717) is 24.3 Å². The molecule has 1 N–H and O–H groups in total. The van der Waals surface area contributed by atoms with Crippen molar-refractivity contribution in [1.82, 2.24) is 0 Å². The van der Waals surface area contributed by atoms with Crippen LogP contribution in [0.2, 0.25) is 0 Å². The van der Waals surface area contributed by atoms with Crippen LogP contribution in [0.3, 0.4) is 0 Å². The zero-order valence-electron chi connectivity index (χ0n) is 23.8. The van der Waals surface area contributed by atoms with E-state index in [1.54, 1.807) is 0 Å². The maximum atomic E-state index is 13.3. The van der Waals surface area contributed by atoms with Crippen LogP contribution >= 0.6 is 0 Å². The molecule has 0 aromatic heterocycles. The Balaban J connectivity index is 0. The first kappa shape index (κ1) is 47.9. The molecule has 1 radical (unpaired) electrons. The Hall–Kier alpha value is -0.251. The van der Waals surface area contributed by atoms with Crippen LogP contribution < -0.4 is 104 Å². The Labute approximate surface area is 339 Å². The maximum absolute atomic E-state index is 13.3. The second kappa shape index (κ2) is 18.1. The number of carbonyl (C=O) groups excluding carboxylic acids is 1. The molecule has 0 spiro atoms. The van der Waals surface area contributed by atoms with Gasteiger partial charge in [0.05, 0.1) is 38.4 Å². The van der Waals surface area contributed by atoms with E-state index in [1.807, 2.05) is 0 Å². The first-order valence-electron chi connectivity index (χ1n) is 10.7. The average molecular weight is 797 g/mol. The molecule has 3 aromatic carbocycles. The molecule has 0 heterocycles. The average Bonchev–Trinajstić information content (AvgIpc) is 2.81. The van der Waals surface area contributed by atoms with Gasteiger partial charge in [0.25, 0.3) is 0 Å². The van der Waals surface area contributed by atoms with Crippen molar-refractivity contribution >= 4 is 74.2 Å². The van der Waals surface area contributed by atoms with Gasteiger partial charge < -0.3 is 29.2 Å². The fourth-order valence-electron chi connectivity index (χ4n) is 3.40. The third-order valence-electron chi connectivity index (χ3n) is 5.10. The van der Waals surface area contributed by atoms with Gasteiger partial charge in [-0.2, -0.15) is 5.11 Å². The Bertz CT molecular complexity index is 2100. The third-order valence-corrected chi connectivity index (χ3v) is 8.90. The van der Waals surface area contributed by atoms with E-state index in [0.717, 1.165) is 19.1 Å². The van der Waals surface area contributed by atoms with Crippen molar-refractivity contribution in [2.24, 2.45) is 10.2 Å². The third kappa shape index (κ3) is 12.6. The van der Waals surface area contributed by atoms with Crippen LogP contribution in [0.15, 0.2) is 61.3 Å². The molecule has 0 unspecified atom stereocenters. The number of azo groups is 1. The minimum atomic E-state index is -5.54. The summed E-state index contributed by atoms with van der Waals surface area (Å²) in [7, 11) is -20.3. The molecule has 18 nitrogen and oxygen atoms in total. The Kier molecular flexibility index (Phi) is 18.9. The van der Waals surface area contributed by atoms with Crippen LogP contribution in [0.4, 0.5) is 17.1 Å². The van der Waals surface area contributed by atoms with Crippen molar-refractivity contribution in [3.63, 3.8) is 0 Å². The normalized spacial score (nSPS) is 11.9. The number of amides is 1. The quantitative estimate of drug-likeness (QED) is 0.0862. The van der Waals surface area contributed by atoms with Gasteiger partial charge >= 0.3 is 106 Å². The minimum absolute atomic E-state index is 0. The monoisotopic (exact) mass is 796 g/mol. The molecule has 3 aromatic rings. The molecule has 0 aliphatic rings. The Morgan fingerprint density at radius 3 is 1.89 bits per heavy atom. The van der Waals surface area contributed by atoms with E-state index in [-0.39, 0.29) is 106 Å². The molecule has 3 rings (SSSR count). The van der Waals surface area contributed by atoms with Gasteiger partial charge in [-0.05, 0) is 47.2 Å². The molecule has 0 saturated carbocycles. The van der Waals surface area contributed by atoms with Crippen LogP contribution in [0.25, 0.3) is 10.8 Å². The first-order chi connectivity index (χ1) is 19.1. The molecule has 1 amide bonds.